The van der Waals surface area contributed by atoms with E-state index >= 15 is 0 Å². The maximum absolute atomic E-state index is 13.4. The molecule has 3 aromatic rings. The van der Waals surface area contributed by atoms with Crippen molar-refractivity contribution in [3.63, 3.8) is 0 Å². The van der Waals surface area contributed by atoms with E-state index in [1.807, 2.05) is 19.9 Å². The number of nitrogens with zero attached hydrogens (tertiary/aromatic N) is 1. The number of rotatable bonds is 6. The van der Waals surface area contributed by atoms with E-state index in [1.54, 1.807) is 30.3 Å². The summed E-state index contributed by atoms with van der Waals surface area (Å²) < 4.78 is 40.8. The van der Waals surface area contributed by atoms with Crippen LogP contribution >= 0.6 is 0 Å². The minimum Gasteiger partial charge on any atom is -0.325 e. The third kappa shape index (κ3) is 5.00. The van der Waals surface area contributed by atoms with Gasteiger partial charge in [-0.2, -0.15) is 0 Å². The highest BCUT2D eigenvalue weighted by Gasteiger charge is 2.27. The number of halogens is 1. The molecule has 0 aliphatic carbocycles. The van der Waals surface area contributed by atoms with Gasteiger partial charge in [0.1, 0.15) is 12.4 Å². The van der Waals surface area contributed by atoms with Crippen molar-refractivity contribution >= 4 is 27.3 Å². The van der Waals surface area contributed by atoms with Crippen molar-refractivity contribution in [3.8, 4) is 0 Å². The maximum Gasteiger partial charge on any atom is 0.264 e. The zero-order chi connectivity index (χ0) is 21.0. The van der Waals surface area contributed by atoms with Crippen LogP contribution in [0.3, 0.4) is 0 Å². The first kappa shape index (κ1) is 20.5. The van der Waals surface area contributed by atoms with Gasteiger partial charge in [-0.1, -0.05) is 29.8 Å². The fourth-order valence-electron chi connectivity index (χ4n) is 2.81. The van der Waals surface area contributed by atoms with Gasteiger partial charge >= 0.3 is 0 Å². The zero-order valence-electron chi connectivity index (χ0n) is 16.1. The minimum atomic E-state index is -4.03. The number of hydrogen-bond acceptors (Lipinski definition) is 3. The molecule has 0 radical (unpaired) electrons. The first-order valence-corrected chi connectivity index (χ1v) is 10.4. The summed E-state index contributed by atoms with van der Waals surface area (Å²) in [6, 6.07) is 18.5. The third-order valence-electron chi connectivity index (χ3n) is 4.31. The molecule has 29 heavy (non-hydrogen) atoms. The number of anilines is 2. The number of carbonyl (C=O) groups excluding carboxylic acids is 1. The minimum absolute atomic E-state index is 0.0516. The molecule has 0 saturated heterocycles. The number of amides is 1. The molecule has 1 amide bonds. The second kappa shape index (κ2) is 8.45. The number of aryl methyl sites for hydroxylation is 2. The average Bonchev–Trinajstić information content (AvgIpc) is 2.67. The summed E-state index contributed by atoms with van der Waals surface area (Å²) in [7, 11) is -4.03. The van der Waals surface area contributed by atoms with Crippen LogP contribution in [0.1, 0.15) is 11.1 Å². The van der Waals surface area contributed by atoms with Crippen molar-refractivity contribution in [1.29, 1.82) is 0 Å². The molecule has 0 saturated carbocycles. The highest BCUT2D eigenvalue weighted by atomic mass is 32.2. The molecular formula is C22H21FN2O3S. The van der Waals surface area contributed by atoms with E-state index in [2.05, 4.69) is 5.32 Å². The normalized spacial score (nSPS) is 11.1. The van der Waals surface area contributed by atoms with Crippen molar-refractivity contribution in [2.45, 2.75) is 18.7 Å². The molecule has 0 atom stereocenters. The molecule has 3 aromatic carbocycles. The standard InChI is InChI=1S/C22H21FN2O3S/c1-16-6-12-21(13-7-16)29(27,28)25(20-10-8-18(23)9-11-20)15-22(26)24-19-5-3-4-17(2)14-19/h3-14H,15H2,1-2H3,(H,24,26). The summed E-state index contributed by atoms with van der Waals surface area (Å²) in [5.41, 5.74) is 2.65. The Bertz CT molecular complexity index is 1110. The highest BCUT2D eigenvalue weighted by Crippen LogP contribution is 2.24. The molecule has 0 fully saturated rings. The van der Waals surface area contributed by atoms with E-state index in [9.17, 15) is 17.6 Å². The van der Waals surface area contributed by atoms with Gasteiger partial charge in [-0.25, -0.2) is 12.8 Å². The molecule has 150 valence electrons. The summed E-state index contributed by atoms with van der Waals surface area (Å²) in [5.74, 6) is -0.999. The van der Waals surface area contributed by atoms with Gasteiger partial charge in [0, 0.05) is 5.69 Å². The van der Waals surface area contributed by atoms with Crippen LogP contribution in [0.15, 0.2) is 77.7 Å². The lowest BCUT2D eigenvalue weighted by Crippen LogP contribution is -2.38. The Morgan fingerprint density at radius 1 is 0.931 bits per heavy atom. The summed E-state index contributed by atoms with van der Waals surface area (Å²) >= 11 is 0. The summed E-state index contributed by atoms with van der Waals surface area (Å²) in [6.07, 6.45) is 0. The lowest BCUT2D eigenvalue weighted by Gasteiger charge is -2.24. The largest absolute Gasteiger partial charge is 0.325 e. The highest BCUT2D eigenvalue weighted by molar-refractivity contribution is 7.92. The summed E-state index contributed by atoms with van der Waals surface area (Å²) in [4.78, 5) is 12.7. The van der Waals surface area contributed by atoms with Crippen molar-refractivity contribution in [2.75, 3.05) is 16.2 Å². The second-order valence-electron chi connectivity index (χ2n) is 6.72. The van der Waals surface area contributed by atoms with E-state index < -0.39 is 28.3 Å². The van der Waals surface area contributed by atoms with Crippen LogP contribution in [0.25, 0.3) is 0 Å². The van der Waals surface area contributed by atoms with Crippen LogP contribution in [-0.2, 0) is 14.8 Å². The number of benzene rings is 3. The molecule has 0 unspecified atom stereocenters. The Morgan fingerprint density at radius 3 is 2.21 bits per heavy atom. The van der Waals surface area contributed by atoms with Crippen molar-refractivity contribution in [1.82, 2.24) is 0 Å². The van der Waals surface area contributed by atoms with Gasteiger partial charge in [-0.15, -0.1) is 0 Å². The molecular weight excluding hydrogens is 391 g/mol. The molecule has 1 N–H and O–H groups in total. The topological polar surface area (TPSA) is 66.5 Å². The Balaban J connectivity index is 1.93. The van der Waals surface area contributed by atoms with Gasteiger partial charge in [-0.05, 0) is 67.9 Å². The maximum atomic E-state index is 13.4. The fraction of sp³-hybridized carbons (Fsp3) is 0.136. The van der Waals surface area contributed by atoms with Crippen LogP contribution in [0.5, 0.6) is 0 Å². The number of carbonyl (C=O) groups is 1. The van der Waals surface area contributed by atoms with Crippen molar-refractivity contribution in [2.24, 2.45) is 0 Å². The molecule has 0 aliphatic rings. The van der Waals surface area contributed by atoms with E-state index in [0.717, 1.165) is 27.6 Å². The van der Waals surface area contributed by atoms with Crippen LogP contribution in [0.4, 0.5) is 15.8 Å². The average molecular weight is 412 g/mol. The molecule has 0 aliphatic heterocycles. The first-order chi connectivity index (χ1) is 13.8. The van der Waals surface area contributed by atoms with Gasteiger partial charge in [0.25, 0.3) is 10.0 Å². The van der Waals surface area contributed by atoms with Gasteiger partial charge in [0.15, 0.2) is 0 Å². The van der Waals surface area contributed by atoms with Gasteiger partial charge in [0.05, 0.1) is 10.6 Å². The number of nitrogens with one attached hydrogen (secondary N) is 1. The zero-order valence-corrected chi connectivity index (χ0v) is 16.9. The van der Waals surface area contributed by atoms with Crippen molar-refractivity contribution < 1.29 is 17.6 Å². The van der Waals surface area contributed by atoms with E-state index in [4.69, 9.17) is 0 Å². The van der Waals surface area contributed by atoms with Crippen LogP contribution in [0, 0.1) is 19.7 Å². The SMILES string of the molecule is Cc1ccc(S(=O)(=O)N(CC(=O)Nc2cccc(C)c2)c2ccc(F)cc2)cc1. The smallest absolute Gasteiger partial charge is 0.264 e. The van der Waals surface area contributed by atoms with E-state index in [0.29, 0.717) is 5.69 Å². The molecule has 0 spiro atoms. The Labute approximate surface area is 169 Å². The molecule has 7 heteroatoms. The van der Waals surface area contributed by atoms with Crippen LogP contribution < -0.4 is 9.62 Å². The molecule has 3 rings (SSSR count). The fourth-order valence-corrected chi connectivity index (χ4v) is 4.23. The Hall–Kier alpha value is -3.19. The van der Waals surface area contributed by atoms with Gasteiger partial charge in [-0.3, -0.25) is 9.10 Å². The van der Waals surface area contributed by atoms with Gasteiger partial charge in [0.2, 0.25) is 5.91 Å². The van der Waals surface area contributed by atoms with E-state index in [1.165, 1.54) is 24.3 Å². The van der Waals surface area contributed by atoms with Crippen LogP contribution in [-0.4, -0.2) is 20.9 Å². The molecule has 5 nitrogen and oxygen atoms in total. The summed E-state index contributed by atoms with van der Waals surface area (Å²) in [5, 5.41) is 2.71. The summed E-state index contributed by atoms with van der Waals surface area (Å²) in [6.45, 7) is 3.29. The second-order valence-corrected chi connectivity index (χ2v) is 8.58. The quantitative estimate of drug-likeness (QED) is 0.657. The molecule has 0 aromatic heterocycles. The predicted octanol–water partition coefficient (Wildman–Crippen LogP) is 4.28. The lowest BCUT2D eigenvalue weighted by atomic mass is 10.2. The van der Waals surface area contributed by atoms with Crippen molar-refractivity contribution in [3.05, 3.63) is 89.7 Å². The van der Waals surface area contributed by atoms with Gasteiger partial charge < -0.3 is 5.32 Å². The molecule has 0 heterocycles. The van der Waals surface area contributed by atoms with Crippen LogP contribution in [0.2, 0.25) is 0 Å². The first-order valence-electron chi connectivity index (χ1n) is 8.97. The Kier molecular flexibility index (Phi) is 5.98. The monoisotopic (exact) mass is 412 g/mol. The molecule has 0 bridgehead atoms. The van der Waals surface area contributed by atoms with E-state index in [-0.39, 0.29) is 10.6 Å². The number of sulfonamides is 1. The number of hydrogen-bond donors (Lipinski definition) is 1. The predicted molar refractivity (Wildman–Crippen MR) is 112 cm³/mol. The third-order valence-corrected chi connectivity index (χ3v) is 6.10. The Morgan fingerprint density at radius 2 is 1.59 bits per heavy atom. The lowest BCUT2D eigenvalue weighted by molar-refractivity contribution is -0.114.